The quantitative estimate of drug-likeness (QED) is 0.804. The topological polar surface area (TPSA) is 46.6 Å². The van der Waals surface area contributed by atoms with Gasteiger partial charge in [0.05, 0.1) is 24.4 Å². The average Bonchev–Trinajstić information content (AvgIpc) is 2.52. The molecule has 0 aliphatic carbocycles. The predicted octanol–water partition coefficient (Wildman–Crippen LogP) is 2.41. The van der Waals surface area contributed by atoms with Crippen molar-refractivity contribution in [3.8, 4) is 0 Å². The number of rotatable bonds is 3. The van der Waals surface area contributed by atoms with E-state index in [4.69, 9.17) is 11.6 Å². The molecule has 1 amide bonds. The molecule has 0 aromatic heterocycles. The number of ether oxygens (including phenoxy) is 1. The molecule has 4 nitrogen and oxygen atoms in total. The first kappa shape index (κ1) is 13.8. The number of anilines is 1. The number of carbonyl (C=O) groups excluding carboxylic acids is 2. The Hall–Kier alpha value is -1.60. The molecule has 0 bridgehead atoms. The number of benzene rings is 1. The van der Waals surface area contributed by atoms with E-state index in [0.717, 1.165) is 4.90 Å². The first-order valence-electron chi connectivity index (χ1n) is 5.16. The lowest BCUT2D eigenvalue weighted by Crippen LogP contribution is -2.34. The molecule has 0 atom stereocenters. The fraction of sp³-hybridized carbons (Fsp3) is 0.273. The molecule has 0 fully saturated rings. The van der Waals surface area contributed by atoms with Gasteiger partial charge in [-0.2, -0.15) is 0 Å². The molecular weight excluding hydrogens is 287 g/mol. The van der Waals surface area contributed by atoms with Crippen molar-refractivity contribution < 1.29 is 27.5 Å². The number of nitrogens with zero attached hydrogens (tertiary/aromatic N) is 1. The molecule has 0 N–H and O–H groups in total. The molecule has 0 saturated heterocycles. The second-order valence-electron chi connectivity index (χ2n) is 3.74. The summed E-state index contributed by atoms with van der Waals surface area (Å²) in [6, 6.07) is 4.15. The van der Waals surface area contributed by atoms with Crippen LogP contribution in [0.4, 0.5) is 18.9 Å². The highest BCUT2D eigenvalue weighted by Crippen LogP contribution is 2.31. The Balaban J connectivity index is 2.16. The standard InChI is InChI=1S/C11H7ClF3NO3/c12-6-1-2-7-8(5-6)16(10(18)9(7)17)3-4-19-11(13,14)15/h1-2,5H,3-4H2. The molecule has 0 spiro atoms. The Morgan fingerprint density at radius 2 is 1.95 bits per heavy atom. The van der Waals surface area contributed by atoms with Crippen LogP contribution in [-0.4, -0.2) is 31.2 Å². The molecule has 0 unspecified atom stereocenters. The molecular formula is C11H7ClF3NO3. The third kappa shape index (κ3) is 2.87. The Bertz CT molecular complexity index is 544. The maximum atomic E-state index is 11.8. The van der Waals surface area contributed by atoms with Crippen molar-refractivity contribution in [2.75, 3.05) is 18.1 Å². The first-order chi connectivity index (χ1) is 8.79. The summed E-state index contributed by atoms with van der Waals surface area (Å²) in [5.74, 6) is -1.65. The van der Waals surface area contributed by atoms with Gasteiger partial charge in [-0.1, -0.05) is 11.6 Å². The van der Waals surface area contributed by atoms with Gasteiger partial charge in [0.25, 0.3) is 11.7 Å². The van der Waals surface area contributed by atoms with Crippen molar-refractivity contribution in [3.05, 3.63) is 28.8 Å². The summed E-state index contributed by atoms with van der Waals surface area (Å²) >= 11 is 5.73. The van der Waals surface area contributed by atoms with E-state index < -0.39 is 24.7 Å². The van der Waals surface area contributed by atoms with E-state index in [2.05, 4.69) is 4.74 Å². The van der Waals surface area contributed by atoms with Gasteiger partial charge in [0.1, 0.15) is 0 Å². The number of hydrogen-bond donors (Lipinski definition) is 0. The number of ketones is 1. The lowest BCUT2D eigenvalue weighted by atomic mass is 10.1. The Kier molecular flexibility index (Phi) is 3.51. The Labute approximate surface area is 110 Å². The summed E-state index contributed by atoms with van der Waals surface area (Å²) in [6.45, 7) is -1.13. The van der Waals surface area contributed by atoms with E-state index in [0.29, 0.717) is 0 Å². The molecule has 1 heterocycles. The summed E-state index contributed by atoms with van der Waals surface area (Å²) in [5.41, 5.74) is 0.328. The summed E-state index contributed by atoms with van der Waals surface area (Å²) < 4.78 is 39.1. The average molecular weight is 294 g/mol. The minimum atomic E-state index is -4.77. The van der Waals surface area contributed by atoms with E-state index in [1.165, 1.54) is 18.2 Å². The van der Waals surface area contributed by atoms with Crippen molar-refractivity contribution in [2.45, 2.75) is 6.36 Å². The van der Waals surface area contributed by atoms with E-state index in [1.807, 2.05) is 0 Å². The van der Waals surface area contributed by atoms with Crippen molar-refractivity contribution in [2.24, 2.45) is 0 Å². The third-order valence-electron chi connectivity index (χ3n) is 2.52. The minimum Gasteiger partial charge on any atom is -0.302 e. The largest absolute Gasteiger partial charge is 0.522 e. The molecule has 2 rings (SSSR count). The lowest BCUT2D eigenvalue weighted by Gasteiger charge is -2.17. The fourth-order valence-corrected chi connectivity index (χ4v) is 1.91. The van der Waals surface area contributed by atoms with Gasteiger partial charge in [-0.3, -0.25) is 14.3 Å². The van der Waals surface area contributed by atoms with E-state index in [9.17, 15) is 22.8 Å². The number of Topliss-reactive ketones (excluding diaryl/α,β-unsaturated/α-hetero) is 1. The smallest absolute Gasteiger partial charge is 0.302 e. The number of hydrogen-bond acceptors (Lipinski definition) is 3. The highest BCUT2D eigenvalue weighted by molar-refractivity contribution is 6.52. The summed E-state index contributed by atoms with van der Waals surface area (Å²) in [6.07, 6.45) is -4.77. The van der Waals surface area contributed by atoms with Crippen LogP contribution in [-0.2, 0) is 9.53 Å². The number of fused-ring (bicyclic) bond motifs is 1. The van der Waals surface area contributed by atoms with E-state index in [-0.39, 0.29) is 22.8 Å². The highest BCUT2D eigenvalue weighted by Gasteiger charge is 2.36. The lowest BCUT2D eigenvalue weighted by molar-refractivity contribution is -0.323. The van der Waals surface area contributed by atoms with Crippen LogP contribution in [0.2, 0.25) is 5.02 Å². The molecule has 8 heteroatoms. The number of amides is 1. The van der Waals surface area contributed by atoms with Crippen LogP contribution < -0.4 is 4.90 Å². The van der Waals surface area contributed by atoms with Gasteiger partial charge in [0, 0.05) is 5.02 Å². The van der Waals surface area contributed by atoms with Crippen LogP contribution in [0, 0.1) is 0 Å². The van der Waals surface area contributed by atoms with Gasteiger partial charge in [0.15, 0.2) is 0 Å². The molecule has 0 saturated carbocycles. The SMILES string of the molecule is O=C1C(=O)N(CCOC(F)(F)F)c2cc(Cl)ccc21. The van der Waals surface area contributed by atoms with Crippen LogP contribution in [0.3, 0.4) is 0 Å². The summed E-state index contributed by atoms with van der Waals surface area (Å²) in [5, 5.41) is 0.281. The van der Waals surface area contributed by atoms with Crippen molar-refractivity contribution in [3.63, 3.8) is 0 Å². The molecule has 19 heavy (non-hydrogen) atoms. The number of carbonyl (C=O) groups is 2. The minimum absolute atomic E-state index is 0.126. The zero-order chi connectivity index (χ0) is 14.2. The number of alkyl halides is 3. The second-order valence-corrected chi connectivity index (χ2v) is 4.18. The Morgan fingerprint density at radius 3 is 2.58 bits per heavy atom. The second kappa shape index (κ2) is 4.82. The van der Waals surface area contributed by atoms with Crippen molar-refractivity contribution in [1.82, 2.24) is 0 Å². The van der Waals surface area contributed by atoms with E-state index in [1.54, 1.807) is 0 Å². The molecule has 1 aliphatic rings. The highest BCUT2D eigenvalue weighted by atomic mass is 35.5. The van der Waals surface area contributed by atoms with E-state index >= 15 is 0 Å². The number of halogens is 4. The van der Waals surface area contributed by atoms with Gasteiger partial charge in [-0.15, -0.1) is 13.2 Å². The van der Waals surface area contributed by atoms with Crippen LogP contribution in [0.5, 0.6) is 0 Å². The zero-order valence-electron chi connectivity index (χ0n) is 9.33. The first-order valence-corrected chi connectivity index (χ1v) is 5.54. The van der Waals surface area contributed by atoms with Crippen molar-refractivity contribution in [1.29, 1.82) is 0 Å². The zero-order valence-corrected chi connectivity index (χ0v) is 10.1. The van der Waals surface area contributed by atoms with Crippen LogP contribution in [0.25, 0.3) is 0 Å². The molecule has 1 aromatic rings. The molecule has 1 aliphatic heterocycles. The van der Waals surface area contributed by atoms with Crippen LogP contribution in [0.15, 0.2) is 18.2 Å². The molecule has 1 aromatic carbocycles. The third-order valence-corrected chi connectivity index (χ3v) is 2.75. The summed E-state index contributed by atoms with van der Waals surface area (Å²) in [4.78, 5) is 24.1. The van der Waals surface area contributed by atoms with Gasteiger partial charge < -0.3 is 4.90 Å². The maximum Gasteiger partial charge on any atom is 0.522 e. The summed E-state index contributed by atoms with van der Waals surface area (Å²) in [7, 11) is 0. The van der Waals surface area contributed by atoms with Crippen LogP contribution in [0.1, 0.15) is 10.4 Å². The molecule has 0 radical (unpaired) electrons. The van der Waals surface area contributed by atoms with Crippen molar-refractivity contribution >= 4 is 29.0 Å². The van der Waals surface area contributed by atoms with Gasteiger partial charge >= 0.3 is 6.36 Å². The molecule has 102 valence electrons. The monoisotopic (exact) mass is 293 g/mol. The predicted molar refractivity (Wildman–Crippen MR) is 60.1 cm³/mol. The van der Waals surface area contributed by atoms with Gasteiger partial charge in [0.2, 0.25) is 0 Å². The Morgan fingerprint density at radius 1 is 1.26 bits per heavy atom. The maximum absolute atomic E-state index is 11.8. The van der Waals surface area contributed by atoms with Gasteiger partial charge in [-0.05, 0) is 18.2 Å². The fourth-order valence-electron chi connectivity index (χ4n) is 1.74. The normalized spacial score (nSPS) is 15.1. The van der Waals surface area contributed by atoms with Gasteiger partial charge in [-0.25, -0.2) is 0 Å². The van der Waals surface area contributed by atoms with Crippen LogP contribution >= 0.6 is 11.6 Å².